The molecule has 1 aliphatic rings. The molecule has 2 N–H and O–H groups in total. The van der Waals surface area contributed by atoms with Gasteiger partial charge in [-0.25, -0.2) is 0 Å². The van der Waals surface area contributed by atoms with E-state index >= 15 is 0 Å². The van der Waals surface area contributed by atoms with Crippen molar-refractivity contribution in [3.63, 3.8) is 0 Å². The first-order valence-electron chi connectivity index (χ1n) is 4.77. The van der Waals surface area contributed by atoms with Crippen LogP contribution in [0.3, 0.4) is 0 Å². The van der Waals surface area contributed by atoms with Gasteiger partial charge in [-0.05, 0) is 45.3 Å². The lowest BCUT2D eigenvalue weighted by molar-refractivity contribution is 0.454. The van der Waals surface area contributed by atoms with Crippen molar-refractivity contribution < 1.29 is 0 Å². The molecule has 0 bridgehead atoms. The summed E-state index contributed by atoms with van der Waals surface area (Å²) in [5.74, 6) is 0.879. The second kappa shape index (κ2) is 4.73. The predicted molar refractivity (Wildman–Crippen MR) is 48.7 cm³/mol. The Kier molecular flexibility index (Phi) is 3.87. The Morgan fingerprint density at radius 2 is 2.45 bits per heavy atom. The molecule has 0 saturated carbocycles. The first-order chi connectivity index (χ1) is 5.33. The van der Waals surface area contributed by atoms with Crippen molar-refractivity contribution >= 4 is 0 Å². The molecule has 1 heterocycles. The Bertz CT molecular complexity index is 97.7. The van der Waals surface area contributed by atoms with Crippen LogP contribution in [0.25, 0.3) is 0 Å². The molecule has 2 heteroatoms. The summed E-state index contributed by atoms with van der Waals surface area (Å²) in [7, 11) is 0. The maximum Gasteiger partial charge on any atom is 0.00362 e. The third-order valence-electron chi connectivity index (χ3n) is 2.53. The molecular formula is C9H20N2. The SMILES string of the molecule is CCC(C)NCC1CCNC1. The van der Waals surface area contributed by atoms with Gasteiger partial charge in [0, 0.05) is 6.04 Å². The van der Waals surface area contributed by atoms with Gasteiger partial charge in [0.2, 0.25) is 0 Å². The summed E-state index contributed by atoms with van der Waals surface area (Å²) < 4.78 is 0. The van der Waals surface area contributed by atoms with Gasteiger partial charge in [0.05, 0.1) is 0 Å². The monoisotopic (exact) mass is 156 g/mol. The summed E-state index contributed by atoms with van der Waals surface area (Å²) in [6.07, 6.45) is 2.59. The van der Waals surface area contributed by atoms with E-state index in [4.69, 9.17) is 0 Å². The fourth-order valence-corrected chi connectivity index (χ4v) is 1.40. The zero-order chi connectivity index (χ0) is 8.10. The van der Waals surface area contributed by atoms with Gasteiger partial charge in [0.1, 0.15) is 0 Å². The van der Waals surface area contributed by atoms with E-state index in [2.05, 4.69) is 24.5 Å². The van der Waals surface area contributed by atoms with Crippen LogP contribution in [0.15, 0.2) is 0 Å². The summed E-state index contributed by atoms with van der Waals surface area (Å²) in [6, 6.07) is 0.690. The van der Waals surface area contributed by atoms with Crippen LogP contribution in [0.1, 0.15) is 26.7 Å². The standard InChI is InChI=1S/C9H20N2/c1-3-8(2)11-7-9-4-5-10-6-9/h8-11H,3-7H2,1-2H3. The normalized spacial score (nSPS) is 27.3. The van der Waals surface area contributed by atoms with Crippen LogP contribution in [0, 0.1) is 5.92 Å². The molecule has 2 nitrogen and oxygen atoms in total. The fourth-order valence-electron chi connectivity index (χ4n) is 1.40. The Morgan fingerprint density at radius 1 is 1.64 bits per heavy atom. The number of hydrogen-bond donors (Lipinski definition) is 2. The largest absolute Gasteiger partial charge is 0.316 e. The van der Waals surface area contributed by atoms with Gasteiger partial charge >= 0.3 is 0 Å². The Morgan fingerprint density at radius 3 is 3.00 bits per heavy atom. The van der Waals surface area contributed by atoms with Crippen molar-refractivity contribution in [3.8, 4) is 0 Å². The fraction of sp³-hybridized carbons (Fsp3) is 1.00. The average Bonchev–Trinajstić information content (AvgIpc) is 2.52. The average molecular weight is 156 g/mol. The maximum atomic E-state index is 3.53. The number of rotatable bonds is 4. The van der Waals surface area contributed by atoms with Gasteiger partial charge in [0.25, 0.3) is 0 Å². The predicted octanol–water partition coefficient (Wildman–Crippen LogP) is 0.984. The number of hydrogen-bond acceptors (Lipinski definition) is 2. The molecule has 2 atom stereocenters. The van der Waals surface area contributed by atoms with Crippen LogP contribution in [0.5, 0.6) is 0 Å². The highest BCUT2D eigenvalue weighted by atomic mass is 14.9. The zero-order valence-electron chi connectivity index (χ0n) is 7.69. The minimum atomic E-state index is 0.690. The smallest absolute Gasteiger partial charge is 0.00362 e. The van der Waals surface area contributed by atoms with Crippen molar-refractivity contribution in [2.24, 2.45) is 5.92 Å². The molecule has 66 valence electrons. The van der Waals surface area contributed by atoms with E-state index in [1.165, 1.54) is 32.5 Å². The van der Waals surface area contributed by atoms with Gasteiger partial charge in [-0.15, -0.1) is 0 Å². The van der Waals surface area contributed by atoms with Crippen molar-refractivity contribution in [1.82, 2.24) is 10.6 Å². The Balaban J connectivity index is 2.01. The topological polar surface area (TPSA) is 24.1 Å². The minimum Gasteiger partial charge on any atom is -0.316 e. The lowest BCUT2D eigenvalue weighted by atomic mass is 10.1. The van der Waals surface area contributed by atoms with Crippen LogP contribution in [0.2, 0.25) is 0 Å². The van der Waals surface area contributed by atoms with Crippen LogP contribution >= 0.6 is 0 Å². The molecule has 0 amide bonds. The van der Waals surface area contributed by atoms with E-state index in [1.54, 1.807) is 0 Å². The van der Waals surface area contributed by atoms with Crippen molar-refractivity contribution in [2.45, 2.75) is 32.7 Å². The number of nitrogens with one attached hydrogen (secondary N) is 2. The second-order valence-corrected chi connectivity index (χ2v) is 3.58. The molecule has 0 spiro atoms. The van der Waals surface area contributed by atoms with E-state index in [0.717, 1.165) is 5.92 Å². The Labute approximate surface area is 69.8 Å². The lowest BCUT2D eigenvalue weighted by Gasteiger charge is -2.14. The van der Waals surface area contributed by atoms with Gasteiger partial charge in [-0.2, -0.15) is 0 Å². The summed E-state index contributed by atoms with van der Waals surface area (Å²) in [5.41, 5.74) is 0. The zero-order valence-corrected chi connectivity index (χ0v) is 7.69. The van der Waals surface area contributed by atoms with Crippen molar-refractivity contribution in [3.05, 3.63) is 0 Å². The quantitative estimate of drug-likeness (QED) is 0.634. The van der Waals surface area contributed by atoms with Gasteiger partial charge < -0.3 is 10.6 Å². The maximum absolute atomic E-state index is 3.53. The van der Waals surface area contributed by atoms with Crippen molar-refractivity contribution in [2.75, 3.05) is 19.6 Å². The molecule has 2 unspecified atom stereocenters. The molecule has 1 aliphatic heterocycles. The molecule has 0 aromatic rings. The van der Waals surface area contributed by atoms with E-state index in [0.29, 0.717) is 6.04 Å². The lowest BCUT2D eigenvalue weighted by Crippen LogP contribution is -2.31. The molecule has 1 saturated heterocycles. The summed E-state index contributed by atoms with van der Waals surface area (Å²) >= 11 is 0. The summed E-state index contributed by atoms with van der Waals surface area (Å²) in [6.45, 7) is 8.10. The molecular weight excluding hydrogens is 136 g/mol. The van der Waals surface area contributed by atoms with Crippen LogP contribution in [0.4, 0.5) is 0 Å². The highest BCUT2D eigenvalue weighted by Gasteiger charge is 2.13. The summed E-state index contributed by atoms with van der Waals surface area (Å²) in [5, 5.41) is 6.91. The molecule has 0 aromatic carbocycles. The van der Waals surface area contributed by atoms with Crippen LogP contribution in [-0.4, -0.2) is 25.7 Å². The molecule has 0 radical (unpaired) electrons. The highest BCUT2D eigenvalue weighted by molar-refractivity contribution is 4.74. The third kappa shape index (κ3) is 3.21. The highest BCUT2D eigenvalue weighted by Crippen LogP contribution is 2.05. The Hall–Kier alpha value is -0.0800. The van der Waals surface area contributed by atoms with E-state index in [-0.39, 0.29) is 0 Å². The van der Waals surface area contributed by atoms with E-state index in [1.807, 2.05) is 0 Å². The minimum absolute atomic E-state index is 0.690. The molecule has 0 aliphatic carbocycles. The van der Waals surface area contributed by atoms with E-state index in [9.17, 15) is 0 Å². The molecule has 0 aromatic heterocycles. The molecule has 1 fully saturated rings. The molecule has 11 heavy (non-hydrogen) atoms. The summed E-state index contributed by atoms with van der Waals surface area (Å²) in [4.78, 5) is 0. The van der Waals surface area contributed by atoms with Crippen LogP contribution in [-0.2, 0) is 0 Å². The third-order valence-corrected chi connectivity index (χ3v) is 2.53. The second-order valence-electron chi connectivity index (χ2n) is 3.58. The van der Waals surface area contributed by atoms with Gasteiger partial charge in [0.15, 0.2) is 0 Å². The first kappa shape index (κ1) is 9.01. The van der Waals surface area contributed by atoms with Gasteiger partial charge in [-0.3, -0.25) is 0 Å². The first-order valence-corrected chi connectivity index (χ1v) is 4.77. The van der Waals surface area contributed by atoms with Gasteiger partial charge in [-0.1, -0.05) is 6.92 Å². The van der Waals surface area contributed by atoms with Crippen LogP contribution < -0.4 is 10.6 Å². The van der Waals surface area contributed by atoms with E-state index < -0.39 is 0 Å². The van der Waals surface area contributed by atoms with Crippen molar-refractivity contribution in [1.29, 1.82) is 0 Å². The molecule has 1 rings (SSSR count).